The smallest absolute Gasteiger partial charge is 0.338 e. The Morgan fingerprint density at radius 3 is 2.35 bits per heavy atom. The minimum absolute atomic E-state index is 0.395. The van der Waals surface area contributed by atoms with Gasteiger partial charge < -0.3 is 4.74 Å². The van der Waals surface area contributed by atoms with Crippen LogP contribution in [0, 0.1) is 0 Å². The van der Waals surface area contributed by atoms with E-state index in [1.165, 1.54) is 11.0 Å². The molecule has 0 aliphatic rings. The van der Waals surface area contributed by atoms with Crippen LogP contribution in [0.3, 0.4) is 0 Å². The fourth-order valence-corrected chi connectivity index (χ4v) is 1.71. The molecule has 2 aromatic carbocycles. The second-order valence-corrected chi connectivity index (χ2v) is 4.63. The molecule has 3 heteroatoms. The van der Waals surface area contributed by atoms with Crippen LogP contribution in [0.25, 0.3) is 0 Å². The third-order valence-corrected chi connectivity index (χ3v) is 2.86. The first-order valence-corrected chi connectivity index (χ1v) is 6.50. The van der Waals surface area contributed by atoms with E-state index in [-0.39, 0.29) is 0 Å². The van der Waals surface area contributed by atoms with Crippen LogP contribution in [-0.4, -0.2) is 13.2 Å². The molecule has 0 saturated heterocycles. The lowest BCUT2D eigenvalue weighted by Crippen LogP contribution is -2.15. The molecule has 0 N–H and O–H groups in total. The predicted molar refractivity (Wildman–Crippen MR) is 82.4 cm³/mol. The number of ether oxygens (including phenoxy) is 1. The molecule has 2 nitrogen and oxygen atoms in total. The number of benzene rings is 2. The maximum atomic E-state index is 11.4. The summed E-state index contributed by atoms with van der Waals surface area (Å²) in [7, 11) is 2.16. The van der Waals surface area contributed by atoms with Crippen molar-refractivity contribution in [3.63, 3.8) is 0 Å². The van der Waals surface area contributed by atoms with E-state index < -0.39 is 5.97 Å². The molecule has 0 amide bonds. The summed E-state index contributed by atoms with van der Waals surface area (Å²) in [4.78, 5) is 11.4. The highest BCUT2D eigenvalue weighted by molar-refractivity contribution is 6.52. The summed E-state index contributed by atoms with van der Waals surface area (Å²) in [6.07, 6.45) is 0.846. The highest BCUT2D eigenvalue weighted by atomic mass is 16.5. The van der Waals surface area contributed by atoms with E-state index in [1.54, 1.807) is 19.1 Å². The molecular weight excluding hydrogens is 247 g/mol. The predicted octanol–water partition coefficient (Wildman–Crippen LogP) is 2.70. The fraction of sp³-hybridized carbons (Fsp3) is 0.118. The van der Waals surface area contributed by atoms with Crippen LogP contribution in [0.15, 0.2) is 66.7 Å². The third-order valence-electron chi connectivity index (χ3n) is 2.86. The minimum atomic E-state index is -0.395. The van der Waals surface area contributed by atoms with Crippen LogP contribution >= 0.6 is 0 Å². The number of rotatable bonds is 5. The van der Waals surface area contributed by atoms with Gasteiger partial charge in [-0.1, -0.05) is 60.1 Å². The van der Waals surface area contributed by atoms with Crippen molar-refractivity contribution in [3.8, 4) is 5.75 Å². The van der Waals surface area contributed by atoms with Crippen molar-refractivity contribution in [2.24, 2.45) is 0 Å². The maximum Gasteiger partial charge on any atom is 0.338 e. The first-order valence-electron chi connectivity index (χ1n) is 6.50. The lowest BCUT2D eigenvalue weighted by atomic mass is 9.65. The zero-order chi connectivity index (χ0) is 14.4. The van der Waals surface area contributed by atoms with Crippen LogP contribution in [0.5, 0.6) is 5.75 Å². The average Bonchev–Trinajstić information content (AvgIpc) is 2.47. The fourth-order valence-electron chi connectivity index (χ4n) is 1.71. The number of hydrogen-bond acceptors (Lipinski definition) is 2. The standard InChI is InChI=1S/C17H16BO2/c1-13(2)17(19)20-16-10-8-14(9-11-16)12-18-15-6-4-3-5-7-15/h3-11H,1,12H2,2H3. The number of hydrogen-bond donors (Lipinski definition) is 0. The molecule has 20 heavy (non-hydrogen) atoms. The Kier molecular flexibility index (Phi) is 4.77. The Labute approximate surface area is 120 Å². The van der Waals surface area contributed by atoms with Gasteiger partial charge in [-0.15, -0.1) is 0 Å². The van der Waals surface area contributed by atoms with Gasteiger partial charge in [-0.25, -0.2) is 4.79 Å². The molecular formula is C17H16BO2. The first-order chi connectivity index (χ1) is 9.65. The molecule has 0 saturated carbocycles. The van der Waals surface area contributed by atoms with E-state index in [0.717, 1.165) is 6.32 Å². The molecule has 0 unspecified atom stereocenters. The third kappa shape index (κ3) is 4.13. The largest absolute Gasteiger partial charge is 0.423 e. The minimum Gasteiger partial charge on any atom is -0.423 e. The van der Waals surface area contributed by atoms with E-state index in [4.69, 9.17) is 4.74 Å². The normalized spacial score (nSPS) is 9.85. The second kappa shape index (κ2) is 6.76. The Bertz CT molecular complexity index is 588. The lowest BCUT2D eigenvalue weighted by molar-refractivity contribution is -0.130. The molecule has 2 rings (SSSR count). The zero-order valence-corrected chi connectivity index (χ0v) is 11.5. The Hall–Kier alpha value is -2.29. The van der Waals surface area contributed by atoms with E-state index in [1.807, 2.05) is 30.3 Å². The van der Waals surface area contributed by atoms with Crippen LogP contribution in [0.1, 0.15) is 12.5 Å². The summed E-state index contributed by atoms with van der Waals surface area (Å²) in [6, 6.07) is 17.7. The molecule has 0 aromatic heterocycles. The molecule has 2 aromatic rings. The number of carbonyl (C=O) groups excluding carboxylic acids is 1. The van der Waals surface area contributed by atoms with Gasteiger partial charge in [0.1, 0.15) is 5.75 Å². The summed E-state index contributed by atoms with van der Waals surface area (Å²) in [5, 5.41) is 0. The van der Waals surface area contributed by atoms with Gasteiger partial charge in [-0.3, -0.25) is 0 Å². The highest BCUT2D eigenvalue weighted by Gasteiger charge is 2.05. The summed E-state index contributed by atoms with van der Waals surface area (Å²) in [5.74, 6) is 0.148. The molecule has 0 heterocycles. The molecule has 0 aliphatic carbocycles. The lowest BCUT2D eigenvalue weighted by Gasteiger charge is -2.05. The summed E-state index contributed by atoms with van der Waals surface area (Å²) >= 11 is 0. The molecule has 0 atom stereocenters. The van der Waals surface area contributed by atoms with Crippen LogP contribution in [0.4, 0.5) is 0 Å². The summed E-state index contributed by atoms with van der Waals surface area (Å²) in [6.45, 7) is 5.18. The Morgan fingerprint density at radius 2 is 1.75 bits per heavy atom. The van der Waals surface area contributed by atoms with Crippen LogP contribution in [0.2, 0.25) is 0 Å². The van der Waals surface area contributed by atoms with Gasteiger partial charge in [0, 0.05) is 5.57 Å². The van der Waals surface area contributed by atoms with E-state index in [9.17, 15) is 4.79 Å². The van der Waals surface area contributed by atoms with Gasteiger partial charge >= 0.3 is 5.97 Å². The second-order valence-electron chi connectivity index (χ2n) is 4.63. The van der Waals surface area contributed by atoms with Crippen molar-refractivity contribution in [1.29, 1.82) is 0 Å². The molecule has 0 aliphatic heterocycles. The van der Waals surface area contributed by atoms with Gasteiger partial charge in [0.2, 0.25) is 0 Å². The van der Waals surface area contributed by atoms with E-state index in [0.29, 0.717) is 11.3 Å². The SMILES string of the molecule is C=C(C)C(=O)Oc1ccc(C[B]c2ccccc2)cc1. The highest BCUT2D eigenvalue weighted by Crippen LogP contribution is 2.13. The zero-order valence-electron chi connectivity index (χ0n) is 11.5. The van der Waals surface area contributed by atoms with Gasteiger partial charge in [-0.05, 0) is 25.4 Å². The van der Waals surface area contributed by atoms with Gasteiger partial charge in [0.25, 0.3) is 0 Å². The van der Waals surface area contributed by atoms with E-state index in [2.05, 4.69) is 26.0 Å². The van der Waals surface area contributed by atoms with E-state index >= 15 is 0 Å². The van der Waals surface area contributed by atoms with Crippen molar-refractivity contribution < 1.29 is 9.53 Å². The number of carbonyl (C=O) groups is 1. The Morgan fingerprint density at radius 1 is 1.10 bits per heavy atom. The van der Waals surface area contributed by atoms with Gasteiger partial charge in [0.15, 0.2) is 7.28 Å². The van der Waals surface area contributed by atoms with Crippen molar-refractivity contribution in [2.45, 2.75) is 13.2 Å². The van der Waals surface area contributed by atoms with Crippen molar-refractivity contribution in [1.82, 2.24) is 0 Å². The molecule has 1 radical (unpaired) electrons. The van der Waals surface area contributed by atoms with Gasteiger partial charge in [-0.2, -0.15) is 0 Å². The van der Waals surface area contributed by atoms with Crippen molar-refractivity contribution in [2.75, 3.05) is 0 Å². The maximum absolute atomic E-state index is 11.4. The van der Waals surface area contributed by atoms with Gasteiger partial charge in [0.05, 0.1) is 0 Å². The number of esters is 1. The van der Waals surface area contributed by atoms with Crippen molar-refractivity contribution in [3.05, 3.63) is 72.3 Å². The Balaban J connectivity index is 1.91. The molecule has 0 spiro atoms. The first kappa shape index (κ1) is 14.1. The monoisotopic (exact) mass is 263 g/mol. The quantitative estimate of drug-likeness (QED) is 0.359. The average molecular weight is 263 g/mol. The molecule has 0 fully saturated rings. The molecule has 0 bridgehead atoms. The van der Waals surface area contributed by atoms with Crippen molar-refractivity contribution >= 4 is 18.7 Å². The molecule has 99 valence electrons. The topological polar surface area (TPSA) is 26.3 Å². The van der Waals surface area contributed by atoms with Crippen LogP contribution < -0.4 is 10.2 Å². The van der Waals surface area contributed by atoms with Crippen LogP contribution in [-0.2, 0) is 11.1 Å². The summed E-state index contributed by atoms with van der Waals surface area (Å²) in [5.41, 5.74) is 2.76. The summed E-state index contributed by atoms with van der Waals surface area (Å²) < 4.78 is 5.14.